The molecule has 0 bridgehead atoms. The Balaban J connectivity index is 2.81. The van der Waals surface area contributed by atoms with E-state index in [9.17, 15) is 4.79 Å². The summed E-state index contributed by atoms with van der Waals surface area (Å²) in [5, 5.41) is 0. The molecule has 3 heteroatoms. The molecule has 0 saturated heterocycles. The third kappa shape index (κ3) is 3.86. The highest BCUT2D eigenvalue weighted by Gasteiger charge is 2.21. The summed E-state index contributed by atoms with van der Waals surface area (Å²) in [6.07, 6.45) is 0.936. The van der Waals surface area contributed by atoms with Crippen LogP contribution in [0, 0.1) is 0 Å². The molecule has 0 heterocycles. The first-order valence-electron chi connectivity index (χ1n) is 6.16. The molecule has 1 amide bonds. The van der Waals surface area contributed by atoms with E-state index in [0.29, 0.717) is 6.54 Å². The third-order valence-electron chi connectivity index (χ3n) is 2.99. The summed E-state index contributed by atoms with van der Waals surface area (Å²) in [6.45, 7) is 6.51. The van der Waals surface area contributed by atoms with Gasteiger partial charge in [-0.3, -0.25) is 4.79 Å². The number of benzene rings is 1. The number of nitrogens with two attached hydrogens (primary N) is 1. The van der Waals surface area contributed by atoms with Crippen molar-refractivity contribution in [3.8, 4) is 0 Å². The first-order valence-corrected chi connectivity index (χ1v) is 6.16. The molecule has 0 saturated carbocycles. The normalized spacial score (nSPS) is 14.1. The molecule has 94 valence electrons. The summed E-state index contributed by atoms with van der Waals surface area (Å²) < 4.78 is 0. The maximum absolute atomic E-state index is 12.0. The molecule has 2 N–H and O–H groups in total. The maximum Gasteiger partial charge on any atom is 0.239 e. The average molecular weight is 234 g/mol. The van der Waals surface area contributed by atoms with Gasteiger partial charge in [-0.15, -0.1) is 0 Å². The lowest BCUT2D eigenvalue weighted by Crippen LogP contribution is -2.45. The molecule has 0 radical (unpaired) electrons. The molecule has 2 atom stereocenters. The summed E-state index contributed by atoms with van der Waals surface area (Å²) >= 11 is 0. The van der Waals surface area contributed by atoms with E-state index in [1.54, 1.807) is 6.92 Å². The molecule has 3 nitrogen and oxygen atoms in total. The van der Waals surface area contributed by atoms with Crippen LogP contribution < -0.4 is 5.73 Å². The first kappa shape index (κ1) is 13.7. The molecule has 0 aromatic heterocycles. The highest BCUT2D eigenvalue weighted by molar-refractivity contribution is 5.81. The summed E-state index contributed by atoms with van der Waals surface area (Å²) in [7, 11) is 0. The largest absolute Gasteiger partial charge is 0.334 e. The number of hydrogen-bond acceptors (Lipinski definition) is 2. The van der Waals surface area contributed by atoms with Crippen molar-refractivity contribution in [3.63, 3.8) is 0 Å². The predicted molar refractivity (Wildman–Crippen MR) is 70.4 cm³/mol. The van der Waals surface area contributed by atoms with Crippen molar-refractivity contribution >= 4 is 5.91 Å². The van der Waals surface area contributed by atoms with Crippen molar-refractivity contribution in [2.75, 3.05) is 0 Å². The first-order chi connectivity index (χ1) is 8.06. The van der Waals surface area contributed by atoms with Crippen LogP contribution in [0.1, 0.15) is 32.8 Å². The number of carbonyl (C=O) groups is 1. The van der Waals surface area contributed by atoms with Crippen LogP contribution in [-0.4, -0.2) is 22.9 Å². The van der Waals surface area contributed by atoms with Crippen LogP contribution in [0.15, 0.2) is 30.3 Å². The molecule has 1 unspecified atom stereocenters. The van der Waals surface area contributed by atoms with Gasteiger partial charge in [0.25, 0.3) is 0 Å². The lowest BCUT2D eigenvalue weighted by atomic mass is 10.1. The Morgan fingerprint density at radius 2 is 1.88 bits per heavy atom. The lowest BCUT2D eigenvalue weighted by molar-refractivity contribution is -0.135. The molecular weight excluding hydrogens is 212 g/mol. The van der Waals surface area contributed by atoms with Crippen molar-refractivity contribution in [2.24, 2.45) is 5.73 Å². The smallest absolute Gasteiger partial charge is 0.239 e. The Morgan fingerprint density at radius 1 is 1.29 bits per heavy atom. The van der Waals surface area contributed by atoms with Gasteiger partial charge in [-0.05, 0) is 25.8 Å². The molecule has 1 aromatic rings. The summed E-state index contributed by atoms with van der Waals surface area (Å²) in [5.74, 6) is 0.0169. The Bertz CT molecular complexity index is 348. The van der Waals surface area contributed by atoms with Crippen LogP contribution in [0.4, 0.5) is 0 Å². The zero-order valence-corrected chi connectivity index (χ0v) is 10.9. The molecule has 1 rings (SSSR count). The van der Waals surface area contributed by atoms with Crippen LogP contribution in [0.5, 0.6) is 0 Å². The van der Waals surface area contributed by atoms with Gasteiger partial charge < -0.3 is 10.6 Å². The van der Waals surface area contributed by atoms with E-state index >= 15 is 0 Å². The molecule has 0 aliphatic carbocycles. The van der Waals surface area contributed by atoms with Gasteiger partial charge in [0, 0.05) is 12.6 Å². The standard InChI is InChI=1S/C14H22N2O/c1-4-11(2)16(14(17)12(3)15)10-13-8-6-5-7-9-13/h5-9,11-12H,4,10,15H2,1-3H3/t11?,12-/m0/s1. The van der Waals surface area contributed by atoms with Crippen molar-refractivity contribution in [2.45, 2.75) is 45.8 Å². The van der Waals surface area contributed by atoms with Gasteiger partial charge in [-0.25, -0.2) is 0 Å². The van der Waals surface area contributed by atoms with E-state index in [0.717, 1.165) is 12.0 Å². The minimum atomic E-state index is -0.437. The fourth-order valence-corrected chi connectivity index (χ4v) is 1.71. The zero-order valence-electron chi connectivity index (χ0n) is 10.9. The fourth-order valence-electron chi connectivity index (χ4n) is 1.71. The Kier molecular flexibility index (Phi) is 5.16. The van der Waals surface area contributed by atoms with E-state index in [1.807, 2.05) is 35.2 Å². The number of rotatable bonds is 5. The van der Waals surface area contributed by atoms with Gasteiger partial charge in [0.1, 0.15) is 0 Å². The van der Waals surface area contributed by atoms with Gasteiger partial charge in [0.05, 0.1) is 6.04 Å². The zero-order chi connectivity index (χ0) is 12.8. The number of nitrogens with zero attached hydrogens (tertiary/aromatic N) is 1. The van der Waals surface area contributed by atoms with Gasteiger partial charge in [-0.1, -0.05) is 37.3 Å². The highest BCUT2D eigenvalue weighted by atomic mass is 16.2. The molecule has 0 fully saturated rings. The van der Waals surface area contributed by atoms with Gasteiger partial charge in [-0.2, -0.15) is 0 Å². The quantitative estimate of drug-likeness (QED) is 0.848. The highest BCUT2D eigenvalue weighted by Crippen LogP contribution is 2.11. The van der Waals surface area contributed by atoms with E-state index in [2.05, 4.69) is 13.8 Å². The van der Waals surface area contributed by atoms with Gasteiger partial charge >= 0.3 is 0 Å². The van der Waals surface area contributed by atoms with E-state index in [4.69, 9.17) is 5.73 Å². The van der Waals surface area contributed by atoms with Crippen LogP contribution in [0.3, 0.4) is 0 Å². The monoisotopic (exact) mass is 234 g/mol. The molecule has 0 spiro atoms. The van der Waals surface area contributed by atoms with Crippen LogP contribution in [0.2, 0.25) is 0 Å². The molecule has 0 aliphatic rings. The second-order valence-corrected chi connectivity index (χ2v) is 4.50. The summed E-state index contributed by atoms with van der Waals surface area (Å²) in [6, 6.07) is 9.79. The molecule has 17 heavy (non-hydrogen) atoms. The van der Waals surface area contributed by atoms with Gasteiger partial charge in [0.2, 0.25) is 5.91 Å². The van der Waals surface area contributed by atoms with Crippen molar-refractivity contribution < 1.29 is 4.79 Å². The summed E-state index contributed by atoms with van der Waals surface area (Å²) in [5.41, 5.74) is 6.83. The Hall–Kier alpha value is -1.35. The molecule has 1 aromatic carbocycles. The minimum Gasteiger partial charge on any atom is -0.334 e. The number of carbonyl (C=O) groups excluding carboxylic acids is 1. The van der Waals surface area contributed by atoms with Crippen LogP contribution >= 0.6 is 0 Å². The number of amides is 1. The number of hydrogen-bond donors (Lipinski definition) is 1. The van der Waals surface area contributed by atoms with Crippen molar-refractivity contribution in [1.82, 2.24) is 4.90 Å². The second kappa shape index (κ2) is 6.40. The van der Waals surface area contributed by atoms with Crippen LogP contribution in [0.25, 0.3) is 0 Å². The lowest BCUT2D eigenvalue weighted by Gasteiger charge is -2.30. The topological polar surface area (TPSA) is 46.3 Å². The van der Waals surface area contributed by atoms with Gasteiger partial charge in [0.15, 0.2) is 0 Å². The molecule has 0 aliphatic heterocycles. The van der Waals surface area contributed by atoms with Crippen molar-refractivity contribution in [3.05, 3.63) is 35.9 Å². The summed E-state index contributed by atoms with van der Waals surface area (Å²) in [4.78, 5) is 13.9. The molecular formula is C14H22N2O. The fraction of sp³-hybridized carbons (Fsp3) is 0.500. The van der Waals surface area contributed by atoms with Crippen LogP contribution in [-0.2, 0) is 11.3 Å². The second-order valence-electron chi connectivity index (χ2n) is 4.50. The van der Waals surface area contributed by atoms with E-state index in [1.165, 1.54) is 0 Å². The van der Waals surface area contributed by atoms with Crippen molar-refractivity contribution in [1.29, 1.82) is 0 Å². The maximum atomic E-state index is 12.0. The third-order valence-corrected chi connectivity index (χ3v) is 2.99. The predicted octanol–water partition coefficient (Wildman–Crippen LogP) is 2.16. The Labute approximate surface area is 104 Å². The SMILES string of the molecule is CCC(C)N(Cc1ccccc1)C(=O)[C@H](C)N. The van der Waals surface area contributed by atoms with E-state index in [-0.39, 0.29) is 11.9 Å². The van der Waals surface area contributed by atoms with E-state index < -0.39 is 6.04 Å². The Morgan fingerprint density at radius 3 is 2.35 bits per heavy atom. The minimum absolute atomic E-state index is 0.0169. The average Bonchev–Trinajstić information content (AvgIpc) is 2.35.